The van der Waals surface area contributed by atoms with Crippen LogP contribution in [0.3, 0.4) is 0 Å². The highest BCUT2D eigenvalue weighted by Gasteiger charge is 2.23. The molecule has 0 unspecified atom stereocenters. The van der Waals surface area contributed by atoms with Gasteiger partial charge in [0.05, 0.1) is 0 Å². The summed E-state index contributed by atoms with van der Waals surface area (Å²) < 4.78 is 5.21. The van der Waals surface area contributed by atoms with E-state index in [0.29, 0.717) is 16.9 Å². The smallest absolute Gasteiger partial charge is 0.361 e. The van der Waals surface area contributed by atoms with Gasteiger partial charge in [0.15, 0.2) is 0 Å². The van der Waals surface area contributed by atoms with Crippen LogP contribution in [0.4, 0.5) is 5.69 Å². The molecule has 0 atom stereocenters. The first-order chi connectivity index (χ1) is 9.91. The van der Waals surface area contributed by atoms with Crippen molar-refractivity contribution >= 4 is 17.5 Å². The fourth-order valence-corrected chi connectivity index (χ4v) is 2.06. The van der Waals surface area contributed by atoms with E-state index >= 15 is 0 Å². The van der Waals surface area contributed by atoms with Crippen molar-refractivity contribution in [2.45, 2.75) is 20.8 Å². The van der Waals surface area contributed by atoms with Crippen molar-refractivity contribution in [1.82, 2.24) is 4.98 Å². The number of nitrogens with zero attached hydrogens (tertiary/aromatic N) is 2. The van der Waals surface area contributed by atoms with E-state index in [1.807, 2.05) is 0 Å². The number of anilines is 1. The third-order valence-electron chi connectivity index (χ3n) is 2.92. The zero-order valence-corrected chi connectivity index (χ0v) is 11.9. The zero-order chi connectivity index (χ0) is 15.6. The van der Waals surface area contributed by atoms with Gasteiger partial charge >= 0.3 is 5.63 Å². The molecule has 2 heterocycles. The Morgan fingerprint density at radius 2 is 1.90 bits per heavy atom. The number of hydrogen-bond donors (Lipinski definition) is 0. The number of pyridine rings is 1. The highest BCUT2D eigenvalue weighted by atomic mass is 16.4. The van der Waals surface area contributed by atoms with Crippen LogP contribution in [-0.2, 0) is 9.59 Å². The first kappa shape index (κ1) is 14.6. The van der Waals surface area contributed by atoms with Crippen LogP contribution < -0.4 is 10.5 Å². The van der Waals surface area contributed by atoms with Crippen LogP contribution in [0.1, 0.15) is 19.4 Å². The number of aromatic nitrogens is 1. The van der Waals surface area contributed by atoms with Gasteiger partial charge in [0.25, 0.3) is 0 Å². The Morgan fingerprint density at radius 1 is 1.24 bits per heavy atom. The summed E-state index contributed by atoms with van der Waals surface area (Å²) in [6, 6.07) is 5.07. The maximum absolute atomic E-state index is 12.2. The average Bonchev–Trinajstić information content (AvgIpc) is 2.42. The molecule has 2 amide bonds. The molecule has 21 heavy (non-hydrogen) atoms. The summed E-state index contributed by atoms with van der Waals surface area (Å²) in [6.07, 6.45) is 3.17. The molecule has 2 rings (SSSR count). The Kier molecular flexibility index (Phi) is 3.98. The average molecular weight is 286 g/mol. The van der Waals surface area contributed by atoms with Crippen LogP contribution in [0, 0.1) is 6.92 Å². The van der Waals surface area contributed by atoms with Crippen molar-refractivity contribution in [1.29, 1.82) is 0 Å². The van der Waals surface area contributed by atoms with Crippen LogP contribution in [-0.4, -0.2) is 16.8 Å². The van der Waals surface area contributed by atoms with E-state index in [2.05, 4.69) is 4.98 Å². The van der Waals surface area contributed by atoms with Crippen LogP contribution in [0.25, 0.3) is 11.3 Å². The summed E-state index contributed by atoms with van der Waals surface area (Å²) >= 11 is 0. The normalized spacial score (nSPS) is 10.2. The van der Waals surface area contributed by atoms with Crippen LogP contribution in [0.15, 0.2) is 39.8 Å². The maximum Gasteiger partial charge on any atom is 0.361 e. The molecule has 0 aliphatic carbocycles. The van der Waals surface area contributed by atoms with Gasteiger partial charge < -0.3 is 4.42 Å². The number of carbonyl (C=O) groups is 2. The number of aryl methyl sites for hydroxylation is 1. The number of carbonyl (C=O) groups excluding carboxylic acids is 2. The Hall–Kier alpha value is -2.76. The fraction of sp³-hybridized carbons (Fsp3) is 0.200. The second-order valence-corrected chi connectivity index (χ2v) is 4.54. The van der Waals surface area contributed by atoms with Gasteiger partial charge in [0.1, 0.15) is 11.4 Å². The molecule has 6 heteroatoms. The van der Waals surface area contributed by atoms with E-state index in [4.69, 9.17) is 4.42 Å². The lowest BCUT2D eigenvalue weighted by atomic mass is 10.1. The third-order valence-corrected chi connectivity index (χ3v) is 2.92. The highest BCUT2D eigenvalue weighted by molar-refractivity contribution is 6.13. The summed E-state index contributed by atoms with van der Waals surface area (Å²) in [7, 11) is 0. The second-order valence-electron chi connectivity index (χ2n) is 4.54. The van der Waals surface area contributed by atoms with E-state index in [1.165, 1.54) is 13.8 Å². The fourth-order valence-electron chi connectivity index (χ4n) is 2.06. The van der Waals surface area contributed by atoms with Crippen LogP contribution in [0.5, 0.6) is 0 Å². The molecule has 108 valence electrons. The van der Waals surface area contributed by atoms with E-state index in [1.54, 1.807) is 37.5 Å². The maximum atomic E-state index is 12.2. The molecule has 0 aliphatic heterocycles. The quantitative estimate of drug-likeness (QED) is 0.842. The van der Waals surface area contributed by atoms with Gasteiger partial charge in [-0.25, -0.2) is 9.69 Å². The Morgan fingerprint density at radius 3 is 2.38 bits per heavy atom. The summed E-state index contributed by atoms with van der Waals surface area (Å²) in [5.74, 6) is -0.736. The molecular weight excluding hydrogens is 272 g/mol. The predicted molar refractivity (Wildman–Crippen MR) is 76.8 cm³/mol. The third kappa shape index (κ3) is 2.89. The molecule has 0 aromatic carbocycles. The molecule has 0 saturated heterocycles. The Bertz CT molecular complexity index is 736. The van der Waals surface area contributed by atoms with E-state index < -0.39 is 17.4 Å². The standard InChI is InChI=1S/C15H14N2O4/c1-9-7-13(12-5-4-6-16-8-12)21-15(20)14(9)17(10(2)18)11(3)19/h4-8H,1-3H3. The van der Waals surface area contributed by atoms with Gasteiger partial charge in [-0.3, -0.25) is 14.6 Å². The van der Waals surface area contributed by atoms with Gasteiger partial charge in [0.2, 0.25) is 11.8 Å². The van der Waals surface area contributed by atoms with Crippen molar-refractivity contribution in [3.63, 3.8) is 0 Å². The minimum Gasteiger partial charge on any atom is -0.421 e. The van der Waals surface area contributed by atoms with Crippen molar-refractivity contribution < 1.29 is 14.0 Å². The lowest BCUT2D eigenvalue weighted by molar-refractivity contribution is -0.124. The molecule has 2 aromatic rings. The number of rotatable bonds is 2. The molecule has 2 aromatic heterocycles. The van der Waals surface area contributed by atoms with Gasteiger partial charge in [0, 0.05) is 31.8 Å². The molecule has 6 nitrogen and oxygen atoms in total. The molecular formula is C15H14N2O4. The zero-order valence-electron chi connectivity index (χ0n) is 11.9. The predicted octanol–water partition coefficient (Wildman–Crippen LogP) is 1.91. The Balaban J connectivity index is 2.60. The van der Waals surface area contributed by atoms with Crippen molar-refractivity contribution in [2.75, 3.05) is 4.90 Å². The monoisotopic (exact) mass is 286 g/mol. The number of hydrogen-bond acceptors (Lipinski definition) is 5. The summed E-state index contributed by atoms with van der Waals surface area (Å²) in [4.78, 5) is 40.0. The summed E-state index contributed by atoms with van der Waals surface area (Å²) in [5, 5.41) is 0. The van der Waals surface area contributed by atoms with Crippen LogP contribution in [0.2, 0.25) is 0 Å². The number of imide groups is 1. The van der Waals surface area contributed by atoms with Crippen molar-refractivity contribution in [3.05, 3.63) is 46.6 Å². The molecule has 0 spiro atoms. The highest BCUT2D eigenvalue weighted by Crippen LogP contribution is 2.23. The Labute approximate surface area is 121 Å². The van der Waals surface area contributed by atoms with E-state index in [0.717, 1.165) is 4.90 Å². The molecule has 0 bridgehead atoms. The first-order valence-electron chi connectivity index (χ1n) is 6.28. The van der Waals surface area contributed by atoms with Gasteiger partial charge in [-0.1, -0.05) is 0 Å². The lowest BCUT2D eigenvalue weighted by Gasteiger charge is -2.18. The molecule has 0 fully saturated rings. The lowest BCUT2D eigenvalue weighted by Crippen LogP contribution is -2.37. The largest absolute Gasteiger partial charge is 0.421 e. The van der Waals surface area contributed by atoms with Gasteiger partial charge in [-0.2, -0.15) is 0 Å². The van der Waals surface area contributed by atoms with E-state index in [-0.39, 0.29) is 5.69 Å². The van der Waals surface area contributed by atoms with Crippen LogP contribution >= 0.6 is 0 Å². The molecule has 0 aliphatic rings. The van der Waals surface area contributed by atoms with E-state index in [9.17, 15) is 14.4 Å². The van der Waals surface area contributed by atoms with Gasteiger partial charge in [-0.05, 0) is 30.7 Å². The molecule has 0 N–H and O–H groups in total. The second kappa shape index (κ2) is 5.70. The SMILES string of the molecule is CC(=O)N(C(C)=O)c1c(C)cc(-c2cccnc2)oc1=O. The van der Waals surface area contributed by atoms with Crippen molar-refractivity contribution in [3.8, 4) is 11.3 Å². The minimum atomic E-state index is -0.737. The topological polar surface area (TPSA) is 80.5 Å². The molecule has 0 radical (unpaired) electrons. The minimum absolute atomic E-state index is 0.0531. The summed E-state index contributed by atoms with van der Waals surface area (Å²) in [6.45, 7) is 4.08. The van der Waals surface area contributed by atoms with Crippen molar-refractivity contribution in [2.24, 2.45) is 0 Å². The summed E-state index contributed by atoms with van der Waals surface area (Å²) in [5.41, 5.74) is 0.332. The van der Waals surface area contributed by atoms with Gasteiger partial charge in [-0.15, -0.1) is 0 Å². The molecule has 0 saturated carbocycles. The number of amides is 2. The first-order valence-corrected chi connectivity index (χ1v) is 6.28.